The smallest absolute Gasteiger partial charge is 0.326 e. The Morgan fingerprint density at radius 1 is 1.20 bits per heavy atom. The van der Waals surface area contributed by atoms with Crippen LogP contribution in [-0.4, -0.2) is 22.7 Å². The van der Waals surface area contributed by atoms with Crippen LogP contribution in [0.2, 0.25) is 0 Å². The number of anilines is 2. The van der Waals surface area contributed by atoms with E-state index in [1.807, 2.05) is 49.4 Å². The maximum Gasteiger partial charge on any atom is 0.326 e. The minimum Gasteiger partial charge on any atom is -0.339 e. The van der Waals surface area contributed by atoms with Gasteiger partial charge in [0.15, 0.2) is 0 Å². The molecule has 2 heterocycles. The average molecular weight is 334 g/mol. The molecule has 0 atom stereocenters. The van der Waals surface area contributed by atoms with Gasteiger partial charge in [-0.25, -0.2) is 4.79 Å². The van der Waals surface area contributed by atoms with Crippen LogP contribution in [0.5, 0.6) is 0 Å². The molecule has 0 aliphatic carbocycles. The Balaban J connectivity index is 1.47. The third-order valence-electron chi connectivity index (χ3n) is 4.30. The molecule has 1 aliphatic rings. The van der Waals surface area contributed by atoms with Gasteiger partial charge < -0.3 is 9.84 Å². The maximum absolute atomic E-state index is 12.5. The highest BCUT2D eigenvalue weighted by molar-refractivity contribution is 6.03. The molecule has 6 nitrogen and oxygen atoms in total. The summed E-state index contributed by atoms with van der Waals surface area (Å²) in [5.74, 6) is 1.17. The first-order valence-electron chi connectivity index (χ1n) is 8.34. The second-order valence-electron chi connectivity index (χ2n) is 5.90. The molecular weight excluding hydrogens is 316 g/mol. The third kappa shape index (κ3) is 2.98. The number of rotatable bonds is 3. The van der Waals surface area contributed by atoms with Gasteiger partial charge in [0.05, 0.1) is 0 Å². The monoisotopic (exact) mass is 334 g/mol. The molecule has 4 rings (SSSR count). The molecule has 0 unspecified atom stereocenters. The van der Waals surface area contributed by atoms with Gasteiger partial charge in [0, 0.05) is 29.9 Å². The van der Waals surface area contributed by atoms with E-state index in [2.05, 4.69) is 21.5 Å². The summed E-state index contributed by atoms with van der Waals surface area (Å²) >= 11 is 0. The minimum absolute atomic E-state index is 0.120. The summed E-state index contributed by atoms with van der Waals surface area (Å²) in [6.45, 7) is 2.67. The highest BCUT2D eigenvalue weighted by Gasteiger charge is 2.24. The first kappa shape index (κ1) is 15.4. The summed E-state index contributed by atoms with van der Waals surface area (Å²) in [6.07, 6.45) is 1.60. The fourth-order valence-electron chi connectivity index (χ4n) is 2.96. The van der Waals surface area contributed by atoms with E-state index in [1.54, 1.807) is 4.90 Å². The second kappa shape index (κ2) is 6.39. The van der Waals surface area contributed by atoms with Crippen LogP contribution in [0.4, 0.5) is 16.2 Å². The van der Waals surface area contributed by atoms with Crippen LogP contribution in [0.15, 0.2) is 53.1 Å². The fraction of sp³-hybridized carbons (Fsp3) is 0.211. The van der Waals surface area contributed by atoms with Gasteiger partial charge in [0.2, 0.25) is 11.7 Å². The zero-order chi connectivity index (χ0) is 17.2. The van der Waals surface area contributed by atoms with Gasteiger partial charge in [-0.2, -0.15) is 4.98 Å². The molecule has 6 heteroatoms. The Morgan fingerprint density at radius 3 is 2.76 bits per heavy atom. The topological polar surface area (TPSA) is 71.3 Å². The lowest BCUT2D eigenvalue weighted by molar-refractivity contribution is 0.257. The van der Waals surface area contributed by atoms with E-state index in [0.29, 0.717) is 24.7 Å². The molecule has 0 saturated carbocycles. The van der Waals surface area contributed by atoms with E-state index < -0.39 is 0 Å². The number of benzene rings is 2. The zero-order valence-corrected chi connectivity index (χ0v) is 13.9. The molecule has 25 heavy (non-hydrogen) atoms. The van der Waals surface area contributed by atoms with Gasteiger partial charge in [-0.05, 0) is 42.3 Å². The number of nitrogens with one attached hydrogen (secondary N) is 1. The van der Waals surface area contributed by atoms with E-state index in [0.717, 1.165) is 23.4 Å². The lowest BCUT2D eigenvalue weighted by Gasteiger charge is -2.18. The number of carbonyl (C=O) groups is 1. The first-order valence-corrected chi connectivity index (χ1v) is 8.34. The molecule has 2 aromatic carbocycles. The molecule has 126 valence electrons. The van der Waals surface area contributed by atoms with Crippen molar-refractivity contribution in [3.8, 4) is 11.4 Å². The van der Waals surface area contributed by atoms with Crippen molar-refractivity contribution in [3.05, 3.63) is 60.0 Å². The summed E-state index contributed by atoms with van der Waals surface area (Å²) in [5, 5.41) is 6.90. The van der Waals surface area contributed by atoms with Crippen molar-refractivity contribution < 1.29 is 9.32 Å². The summed E-state index contributed by atoms with van der Waals surface area (Å²) in [6, 6.07) is 15.3. The van der Waals surface area contributed by atoms with Gasteiger partial charge in [-0.3, -0.25) is 4.90 Å². The molecule has 0 fully saturated rings. The third-order valence-corrected chi connectivity index (χ3v) is 4.30. The summed E-state index contributed by atoms with van der Waals surface area (Å²) in [4.78, 5) is 18.6. The first-order chi connectivity index (χ1) is 12.2. The van der Waals surface area contributed by atoms with Gasteiger partial charge in [0.1, 0.15) is 0 Å². The van der Waals surface area contributed by atoms with Crippen molar-refractivity contribution in [3.63, 3.8) is 0 Å². The lowest BCUT2D eigenvalue weighted by atomic mass is 10.2. The molecule has 1 aromatic heterocycles. The summed E-state index contributed by atoms with van der Waals surface area (Å²) in [7, 11) is 0. The highest BCUT2D eigenvalue weighted by atomic mass is 16.5. The van der Waals surface area contributed by atoms with Crippen LogP contribution >= 0.6 is 0 Å². The Labute approximate surface area is 145 Å². The Bertz CT molecular complexity index is 902. The molecule has 1 N–H and O–H groups in total. The van der Waals surface area contributed by atoms with Gasteiger partial charge in [0.25, 0.3) is 0 Å². The quantitative estimate of drug-likeness (QED) is 0.789. The molecule has 0 saturated heterocycles. The van der Waals surface area contributed by atoms with Crippen LogP contribution in [0.1, 0.15) is 18.4 Å². The standard InChI is InChI=1S/C19H18N4O2/c1-2-17-21-18(22-25-17)14-7-9-15(10-8-14)20-19(24)23-12-11-13-5-3-4-6-16(13)23/h3-10H,2,11-12H2,1H3,(H,20,24). The van der Waals surface area contributed by atoms with Crippen LogP contribution in [0, 0.1) is 0 Å². The van der Waals surface area contributed by atoms with Crippen molar-refractivity contribution in [1.29, 1.82) is 0 Å². The number of nitrogens with zero attached hydrogens (tertiary/aromatic N) is 3. The van der Waals surface area contributed by atoms with Crippen molar-refractivity contribution in [2.45, 2.75) is 19.8 Å². The minimum atomic E-state index is -0.120. The largest absolute Gasteiger partial charge is 0.339 e. The Hall–Kier alpha value is -3.15. The Morgan fingerprint density at radius 2 is 2.00 bits per heavy atom. The predicted molar refractivity (Wildman–Crippen MR) is 95.6 cm³/mol. The number of fused-ring (bicyclic) bond motifs is 1. The van der Waals surface area contributed by atoms with Crippen molar-refractivity contribution in [1.82, 2.24) is 10.1 Å². The number of hydrogen-bond acceptors (Lipinski definition) is 4. The number of aromatic nitrogens is 2. The molecule has 3 aromatic rings. The maximum atomic E-state index is 12.5. The van der Waals surface area contributed by atoms with Crippen LogP contribution in [0.25, 0.3) is 11.4 Å². The summed E-state index contributed by atoms with van der Waals surface area (Å²) < 4.78 is 5.13. The molecule has 0 bridgehead atoms. The van der Waals surface area contributed by atoms with E-state index in [4.69, 9.17) is 4.52 Å². The molecule has 2 amide bonds. The molecule has 0 spiro atoms. The van der Waals surface area contributed by atoms with Crippen molar-refractivity contribution >= 4 is 17.4 Å². The number of para-hydroxylation sites is 1. The van der Waals surface area contributed by atoms with Gasteiger partial charge >= 0.3 is 6.03 Å². The molecule has 1 aliphatic heterocycles. The van der Waals surface area contributed by atoms with Crippen LogP contribution in [0.3, 0.4) is 0 Å². The van der Waals surface area contributed by atoms with E-state index in [-0.39, 0.29) is 6.03 Å². The lowest BCUT2D eigenvalue weighted by Crippen LogP contribution is -2.33. The van der Waals surface area contributed by atoms with Crippen LogP contribution < -0.4 is 10.2 Å². The van der Waals surface area contributed by atoms with E-state index in [1.165, 1.54) is 5.56 Å². The normalized spacial score (nSPS) is 12.9. The van der Waals surface area contributed by atoms with E-state index in [9.17, 15) is 4.79 Å². The zero-order valence-electron chi connectivity index (χ0n) is 13.9. The SMILES string of the molecule is CCc1nc(-c2ccc(NC(=O)N3CCc4ccccc43)cc2)no1. The van der Waals surface area contributed by atoms with Crippen molar-refractivity contribution in [2.24, 2.45) is 0 Å². The van der Waals surface area contributed by atoms with E-state index >= 15 is 0 Å². The van der Waals surface area contributed by atoms with Gasteiger partial charge in [-0.1, -0.05) is 30.3 Å². The second-order valence-corrected chi connectivity index (χ2v) is 5.90. The number of hydrogen-bond donors (Lipinski definition) is 1. The predicted octanol–water partition coefficient (Wildman–Crippen LogP) is 3.89. The highest BCUT2D eigenvalue weighted by Crippen LogP contribution is 2.28. The Kier molecular flexibility index (Phi) is 3.93. The molecular formula is C19H18N4O2. The average Bonchev–Trinajstić information content (AvgIpc) is 3.29. The number of aryl methyl sites for hydroxylation is 1. The van der Waals surface area contributed by atoms with Gasteiger partial charge in [-0.15, -0.1) is 0 Å². The fourth-order valence-corrected chi connectivity index (χ4v) is 2.96. The number of urea groups is 1. The summed E-state index contributed by atoms with van der Waals surface area (Å²) in [5.41, 5.74) is 3.78. The molecule has 0 radical (unpaired) electrons. The van der Waals surface area contributed by atoms with Crippen LogP contribution in [-0.2, 0) is 12.8 Å². The number of amides is 2. The number of carbonyl (C=O) groups excluding carboxylic acids is 1. The van der Waals surface area contributed by atoms with Crippen molar-refractivity contribution in [2.75, 3.05) is 16.8 Å².